The van der Waals surface area contributed by atoms with Gasteiger partial charge in [0.05, 0.1) is 31.0 Å². The second kappa shape index (κ2) is 22.6. The maximum absolute atomic E-state index is 14.0. The smallest absolute Gasteiger partial charge is 0.293 e. The standard InChI is InChI=1S/C44H60N6O5.C6H11NO/c1-10-49-39-14-13-32(23-35(39)36(24-44(5,6)27-55-28-51)41(49)37-25-45-17-15-33(37)26-54-9)34-20-30(4)19-31(21-34)22-38(43(53)50-18-12-11-16-46-50)47-42(52)40(29(2)3)48(7)8;1-5-2-3-7-6(5)4-8/h13-15,17,19-21,23,25,28-29,38,40,46H,10-12,16,18,22,24,26-27H2,1-9H3,(H,47,52);4-7H,2-3H2,1H3. The molecule has 4 aromatic rings. The Morgan fingerprint density at radius 1 is 1.06 bits per heavy atom. The molecule has 4 unspecified atom stereocenters. The van der Waals surface area contributed by atoms with Gasteiger partial charge in [0, 0.05) is 67.4 Å². The summed E-state index contributed by atoms with van der Waals surface area (Å²) in [4.78, 5) is 55.6. The molecule has 2 aromatic heterocycles. The monoisotopic (exact) mass is 866 g/mol. The van der Waals surface area contributed by atoms with Crippen LogP contribution in [0.4, 0.5) is 0 Å². The minimum absolute atomic E-state index is 0.0696. The molecule has 2 fully saturated rings. The molecule has 0 aliphatic carbocycles. The molecule has 0 bridgehead atoms. The number of nitrogens with one attached hydrogen (secondary N) is 3. The SMILES string of the molecule is CC1CCNC1C=O.CCn1c(-c2cnccc2COC)c(CC(C)(C)COC=O)c2cc(-c3cc(C)cc(CC(NC(=O)C(C(C)C)N(C)C)C(=O)N4CCCCN4)c3)ccc21. The first-order valence-electron chi connectivity index (χ1n) is 22.6. The zero-order chi connectivity index (χ0) is 45.8. The Morgan fingerprint density at radius 2 is 1.84 bits per heavy atom. The fraction of sp³-hybridized carbons (Fsp3) is 0.540. The number of carbonyl (C=O) groups is 4. The van der Waals surface area contributed by atoms with E-state index in [1.807, 2.05) is 45.1 Å². The molecule has 2 amide bonds. The van der Waals surface area contributed by atoms with E-state index in [9.17, 15) is 19.2 Å². The number of likely N-dealkylation sites (N-methyl/N-ethyl adjacent to an activating group) is 1. The summed E-state index contributed by atoms with van der Waals surface area (Å²) in [6.45, 7) is 18.9. The molecule has 342 valence electrons. The predicted octanol–water partition coefficient (Wildman–Crippen LogP) is 6.51. The molecule has 2 aliphatic heterocycles. The molecule has 0 saturated carbocycles. The van der Waals surface area contributed by atoms with Gasteiger partial charge in [-0.05, 0) is 118 Å². The number of amides is 2. The number of benzene rings is 2. The molecule has 63 heavy (non-hydrogen) atoms. The summed E-state index contributed by atoms with van der Waals surface area (Å²) in [7, 11) is 5.50. The minimum Gasteiger partial charge on any atom is -0.467 e. The Morgan fingerprint density at radius 3 is 2.44 bits per heavy atom. The van der Waals surface area contributed by atoms with E-state index < -0.39 is 6.04 Å². The molecule has 4 heterocycles. The lowest BCUT2D eigenvalue weighted by Crippen LogP contribution is -2.58. The van der Waals surface area contributed by atoms with Crippen LogP contribution in [0.5, 0.6) is 0 Å². The first kappa shape index (κ1) is 49.1. The second-order valence-electron chi connectivity index (χ2n) is 18.6. The number of nitrogens with zero attached hydrogens (tertiary/aromatic N) is 4. The van der Waals surface area contributed by atoms with E-state index in [1.54, 1.807) is 18.3 Å². The third-order valence-electron chi connectivity index (χ3n) is 12.2. The lowest BCUT2D eigenvalue weighted by molar-refractivity contribution is -0.141. The first-order chi connectivity index (χ1) is 30.1. The van der Waals surface area contributed by atoms with Crippen molar-refractivity contribution in [2.24, 2.45) is 17.3 Å². The van der Waals surface area contributed by atoms with Crippen LogP contribution in [-0.2, 0) is 54.6 Å². The third kappa shape index (κ3) is 12.4. The number of hydrogen-bond acceptors (Lipinski definition) is 10. The molecule has 2 saturated heterocycles. The van der Waals surface area contributed by atoms with Crippen LogP contribution in [-0.4, -0.2) is 110 Å². The number of fused-ring (bicyclic) bond motifs is 1. The summed E-state index contributed by atoms with van der Waals surface area (Å²) in [5.74, 6) is 0.343. The molecule has 0 spiro atoms. The normalized spacial score (nSPS) is 17.6. The third-order valence-corrected chi connectivity index (χ3v) is 12.2. The Kier molecular flexibility index (Phi) is 17.6. The van der Waals surface area contributed by atoms with E-state index in [0.717, 1.165) is 101 Å². The molecule has 2 aromatic carbocycles. The van der Waals surface area contributed by atoms with E-state index in [4.69, 9.17) is 9.47 Å². The highest BCUT2D eigenvalue weighted by Crippen LogP contribution is 2.41. The number of ether oxygens (including phenoxy) is 2. The van der Waals surface area contributed by atoms with Crippen molar-refractivity contribution < 1.29 is 28.7 Å². The maximum Gasteiger partial charge on any atom is 0.293 e. The number of carbonyl (C=O) groups excluding carboxylic acids is 4. The molecule has 13 heteroatoms. The summed E-state index contributed by atoms with van der Waals surface area (Å²) in [5.41, 5.74) is 12.4. The highest BCUT2D eigenvalue weighted by Gasteiger charge is 2.33. The predicted molar refractivity (Wildman–Crippen MR) is 250 cm³/mol. The molecule has 0 radical (unpaired) electrons. The molecule has 4 atom stereocenters. The maximum atomic E-state index is 14.0. The van der Waals surface area contributed by atoms with E-state index in [-0.39, 0.29) is 41.8 Å². The number of aldehydes is 1. The Hall–Kier alpha value is -4.95. The number of methoxy groups -OCH3 is 1. The van der Waals surface area contributed by atoms with Gasteiger partial charge in [-0.25, -0.2) is 5.43 Å². The summed E-state index contributed by atoms with van der Waals surface area (Å²) in [6, 6.07) is 14.1. The van der Waals surface area contributed by atoms with Gasteiger partial charge in [0.15, 0.2) is 0 Å². The van der Waals surface area contributed by atoms with Crippen LogP contribution in [0.1, 0.15) is 83.1 Å². The van der Waals surface area contributed by atoms with E-state index in [2.05, 4.69) is 96.6 Å². The van der Waals surface area contributed by atoms with Crippen LogP contribution in [0.3, 0.4) is 0 Å². The summed E-state index contributed by atoms with van der Waals surface area (Å²) in [5, 5.41) is 9.04. The number of aryl methyl sites for hydroxylation is 2. The zero-order valence-corrected chi connectivity index (χ0v) is 39.3. The van der Waals surface area contributed by atoms with Crippen molar-refractivity contribution in [1.29, 1.82) is 0 Å². The highest BCUT2D eigenvalue weighted by atomic mass is 16.5. The van der Waals surface area contributed by atoms with Gasteiger partial charge >= 0.3 is 0 Å². The average molecular weight is 866 g/mol. The lowest BCUT2D eigenvalue weighted by atomic mass is 9.84. The van der Waals surface area contributed by atoms with Crippen molar-refractivity contribution in [2.45, 2.75) is 112 Å². The van der Waals surface area contributed by atoms with Crippen molar-refractivity contribution >= 4 is 35.5 Å². The van der Waals surface area contributed by atoms with Crippen molar-refractivity contribution in [1.82, 2.24) is 35.5 Å². The fourth-order valence-corrected chi connectivity index (χ4v) is 9.20. The van der Waals surface area contributed by atoms with Crippen LogP contribution in [0, 0.1) is 24.2 Å². The van der Waals surface area contributed by atoms with E-state index in [0.29, 0.717) is 38.4 Å². The summed E-state index contributed by atoms with van der Waals surface area (Å²) >= 11 is 0. The van der Waals surface area contributed by atoms with Crippen molar-refractivity contribution in [3.05, 3.63) is 77.1 Å². The van der Waals surface area contributed by atoms with Gasteiger partial charge in [-0.2, -0.15) is 0 Å². The summed E-state index contributed by atoms with van der Waals surface area (Å²) < 4.78 is 13.3. The lowest BCUT2D eigenvalue weighted by Gasteiger charge is -2.33. The second-order valence-corrected chi connectivity index (χ2v) is 18.6. The van der Waals surface area contributed by atoms with E-state index in [1.165, 1.54) is 0 Å². The molecule has 2 aliphatic rings. The van der Waals surface area contributed by atoms with Crippen LogP contribution in [0.15, 0.2) is 54.9 Å². The number of aromatic nitrogens is 2. The molecule has 13 nitrogen and oxygen atoms in total. The molecule has 3 N–H and O–H groups in total. The van der Waals surface area contributed by atoms with Crippen LogP contribution in [0.2, 0.25) is 0 Å². The Balaban J connectivity index is 0.000000840. The number of hydrazine groups is 1. The van der Waals surface area contributed by atoms with Crippen molar-refractivity contribution in [3.63, 3.8) is 0 Å². The van der Waals surface area contributed by atoms with Gasteiger partial charge in [0.1, 0.15) is 12.3 Å². The number of hydrogen-bond donors (Lipinski definition) is 3. The zero-order valence-electron chi connectivity index (χ0n) is 39.3. The van der Waals surface area contributed by atoms with E-state index >= 15 is 0 Å². The van der Waals surface area contributed by atoms with Gasteiger partial charge in [-0.15, -0.1) is 0 Å². The number of pyridine rings is 1. The van der Waals surface area contributed by atoms with Crippen molar-refractivity contribution in [2.75, 3.05) is 47.4 Å². The molecular weight excluding hydrogens is 795 g/mol. The Labute approximate surface area is 374 Å². The summed E-state index contributed by atoms with van der Waals surface area (Å²) in [6.07, 6.45) is 8.79. The van der Waals surface area contributed by atoms with Crippen LogP contribution >= 0.6 is 0 Å². The number of rotatable bonds is 18. The van der Waals surface area contributed by atoms with Crippen LogP contribution in [0.25, 0.3) is 33.3 Å². The molecule has 6 rings (SSSR count). The fourth-order valence-electron chi connectivity index (χ4n) is 9.20. The topological polar surface area (TPSA) is 147 Å². The van der Waals surface area contributed by atoms with Gasteiger partial charge in [0.2, 0.25) is 5.91 Å². The largest absolute Gasteiger partial charge is 0.467 e. The average Bonchev–Trinajstić information content (AvgIpc) is 3.81. The van der Waals surface area contributed by atoms with Gasteiger partial charge in [-0.1, -0.05) is 64.4 Å². The quantitative estimate of drug-likeness (QED) is 0.0947. The van der Waals surface area contributed by atoms with Gasteiger partial charge in [0.25, 0.3) is 12.4 Å². The first-order valence-corrected chi connectivity index (χ1v) is 22.6. The van der Waals surface area contributed by atoms with Crippen molar-refractivity contribution in [3.8, 4) is 22.4 Å². The van der Waals surface area contributed by atoms with Gasteiger partial charge < -0.3 is 29.5 Å². The Bertz CT molecular complexity index is 2170. The molecular formula is C50H71N7O6. The van der Waals surface area contributed by atoms with Crippen LogP contribution < -0.4 is 16.1 Å². The van der Waals surface area contributed by atoms with Gasteiger partial charge in [-0.3, -0.25) is 29.3 Å². The minimum atomic E-state index is -0.735. The highest BCUT2D eigenvalue weighted by molar-refractivity contribution is 5.95.